The number of hydrogen-bond donors (Lipinski definition) is 1. The molecule has 86 valence electrons. The smallest absolute Gasteiger partial charge is 0.226 e. The van der Waals surface area contributed by atoms with E-state index in [1.54, 1.807) is 0 Å². The highest BCUT2D eigenvalue weighted by atomic mass is 16.1. The number of benzene rings is 1. The van der Waals surface area contributed by atoms with E-state index in [0.29, 0.717) is 6.42 Å². The molecule has 1 aliphatic rings. The first kappa shape index (κ1) is 11.0. The van der Waals surface area contributed by atoms with Gasteiger partial charge in [-0.15, -0.1) is 0 Å². The average molecular weight is 218 g/mol. The van der Waals surface area contributed by atoms with Crippen LogP contribution in [0.1, 0.15) is 25.8 Å². The molecule has 16 heavy (non-hydrogen) atoms. The Balaban J connectivity index is 2.49. The van der Waals surface area contributed by atoms with Gasteiger partial charge in [-0.1, -0.05) is 6.07 Å². The number of nitrogens with one attached hydrogen (secondary N) is 1. The van der Waals surface area contributed by atoms with E-state index in [-0.39, 0.29) is 11.9 Å². The van der Waals surface area contributed by atoms with Crippen LogP contribution < -0.4 is 10.2 Å². The summed E-state index contributed by atoms with van der Waals surface area (Å²) in [6, 6.07) is 6.48. The molecule has 0 bridgehead atoms. The monoisotopic (exact) mass is 218 g/mol. The molecule has 0 fully saturated rings. The zero-order valence-corrected chi connectivity index (χ0v) is 10.1. The lowest BCUT2D eigenvalue weighted by atomic mass is 10.1. The van der Waals surface area contributed by atoms with E-state index in [4.69, 9.17) is 0 Å². The summed E-state index contributed by atoms with van der Waals surface area (Å²) >= 11 is 0. The number of amides is 1. The first-order valence-corrected chi connectivity index (χ1v) is 5.79. The highest BCUT2D eigenvalue weighted by molar-refractivity contribution is 5.96. The number of hydrogen-bond acceptors (Lipinski definition) is 2. The predicted molar refractivity (Wildman–Crippen MR) is 66.9 cm³/mol. The second kappa shape index (κ2) is 4.16. The topological polar surface area (TPSA) is 32.3 Å². The number of carbonyl (C=O) groups excluding carboxylic acids is 1. The molecule has 0 spiro atoms. The van der Waals surface area contributed by atoms with E-state index in [9.17, 15) is 4.79 Å². The van der Waals surface area contributed by atoms with Gasteiger partial charge in [0.1, 0.15) is 0 Å². The van der Waals surface area contributed by atoms with Crippen LogP contribution in [0.5, 0.6) is 0 Å². The molecule has 3 heteroatoms. The van der Waals surface area contributed by atoms with Crippen LogP contribution in [0.2, 0.25) is 0 Å². The third-order valence-electron chi connectivity index (χ3n) is 3.09. The summed E-state index contributed by atoms with van der Waals surface area (Å²) in [4.78, 5) is 14.0. The predicted octanol–water partition coefficient (Wildman–Crippen LogP) is 2.55. The molecule has 0 aliphatic carbocycles. The summed E-state index contributed by atoms with van der Waals surface area (Å²) in [6.07, 6.45) is 0.557. The number of carbonyl (C=O) groups is 1. The minimum absolute atomic E-state index is 0.107. The van der Waals surface area contributed by atoms with E-state index in [1.807, 2.05) is 13.0 Å². The Morgan fingerprint density at radius 1 is 1.50 bits per heavy atom. The Kier molecular flexibility index (Phi) is 2.86. The van der Waals surface area contributed by atoms with Gasteiger partial charge in [-0.2, -0.15) is 0 Å². The average Bonchev–Trinajstić information content (AvgIpc) is 2.32. The fourth-order valence-corrected chi connectivity index (χ4v) is 2.30. The third kappa shape index (κ3) is 1.90. The highest BCUT2D eigenvalue weighted by Gasteiger charge is 2.23. The first-order chi connectivity index (χ1) is 7.61. The van der Waals surface area contributed by atoms with Crippen LogP contribution in [0.3, 0.4) is 0 Å². The molecule has 1 amide bonds. The Bertz CT molecular complexity index is 414. The van der Waals surface area contributed by atoms with Crippen molar-refractivity contribution in [1.82, 2.24) is 0 Å². The number of aryl methyl sites for hydroxylation is 1. The third-order valence-corrected chi connectivity index (χ3v) is 3.09. The second-order valence-corrected chi connectivity index (χ2v) is 4.41. The largest absolute Gasteiger partial charge is 0.367 e. The zero-order valence-electron chi connectivity index (χ0n) is 10.1. The van der Waals surface area contributed by atoms with Gasteiger partial charge < -0.3 is 10.2 Å². The van der Waals surface area contributed by atoms with Gasteiger partial charge in [-0.05, 0) is 38.5 Å². The van der Waals surface area contributed by atoms with Crippen molar-refractivity contribution in [3.63, 3.8) is 0 Å². The van der Waals surface area contributed by atoms with Gasteiger partial charge in [0.05, 0.1) is 11.4 Å². The fraction of sp³-hybridized carbons (Fsp3) is 0.462. The summed E-state index contributed by atoms with van der Waals surface area (Å²) in [7, 11) is 0. The molecule has 1 aromatic carbocycles. The van der Waals surface area contributed by atoms with Crippen molar-refractivity contribution >= 4 is 17.3 Å². The highest BCUT2D eigenvalue weighted by Crippen LogP contribution is 2.31. The van der Waals surface area contributed by atoms with Gasteiger partial charge in [-0.3, -0.25) is 4.79 Å². The quantitative estimate of drug-likeness (QED) is 0.785. The van der Waals surface area contributed by atoms with E-state index in [0.717, 1.165) is 17.9 Å². The Morgan fingerprint density at radius 3 is 2.94 bits per heavy atom. The molecule has 1 aromatic rings. The van der Waals surface area contributed by atoms with Crippen molar-refractivity contribution in [2.45, 2.75) is 33.2 Å². The van der Waals surface area contributed by atoms with Crippen LogP contribution in [-0.2, 0) is 4.79 Å². The van der Waals surface area contributed by atoms with Crippen LogP contribution in [0.15, 0.2) is 18.2 Å². The van der Waals surface area contributed by atoms with Gasteiger partial charge in [0.15, 0.2) is 0 Å². The minimum Gasteiger partial charge on any atom is -0.367 e. The molecule has 0 radical (unpaired) electrons. The molecule has 0 saturated heterocycles. The van der Waals surface area contributed by atoms with Crippen molar-refractivity contribution in [3.8, 4) is 0 Å². The summed E-state index contributed by atoms with van der Waals surface area (Å²) in [5.41, 5.74) is 3.24. The van der Waals surface area contributed by atoms with Crippen molar-refractivity contribution in [3.05, 3.63) is 23.8 Å². The number of anilines is 2. The summed E-state index contributed by atoms with van der Waals surface area (Å²) in [5, 5.41) is 2.98. The number of nitrogens with zero attached hydrogens (tertiary/aromatic N) is 1. The van der Waals surface area contributed by atoms with Crippen LogP contribution in [0.4, 0.5) is 11.4 Å². The van der Waals surface area contributed by atoms with Crippen LogP contribution in [0, 0.1) is 6.92 Å². The van der Waals surface area contributed by atoms with Gasteiger partial charge >= 0.3 is 0 Å². The SMILES string of the molecule is CCN1c2ccc(C)cc2NC(=O)CC1C. The number of rotatable bonds is 1. The Labute approximate surface area is 96.5 Å². The molecule has 1 N–H and O–H groups in total. The van der Waals surface area contributed by atoms with Crippen LogP contribution >= 0.6 is 0 Å². The molecular weight excluding hydrogens is 200 g/mol. The molecule has 1 unspecified atom stereocenters. The lowest BCUT2D eigenvalue weighted by Crippen LogP contribution is -2.33. The number of fused-ring (bicyclic) bond motifs is 1. The molecule has 1 atom stereocenters. The van der Waals surface area contributed by atoms with Gasteiger partial charge in [0.2, 0.25) is 5.91 Å². The van der Waals surface area contributed by atoms with E-state index in [2.05, 4.69) is 36.2 Å². The van der Waals surface area contributed by atoms with Crippen LogP contribution in [-0.4, -0.2) is 18.5 Å². The van der Waals surface area contributed by atoms with Crippen molar-refractivity contribution in [2.24, 2.45) is 0 Å². The molecule has 3 nitrogen and oxygen atoms in total. The molecular formula is C13H18N2O. The lowest BCUT2D eigenvalue weighted by Gasteiger charge is -2.28. The maximum atomic E-state index is 11.7. The first-order valence-electron chi connectivity index (χ1n) is 5.79. The Hall–Kier alpha value is -1.51. The van der Waals surface area contributed by atoms with Crippen molar-refractivity contribution in [1.29, 1.82) is 0 Å². The van der Waals surface area contributed by atoms with Crippen molar-refractivity contribution in [2.75, 3.05) is 16.8 Å². The zero-order chi connectivity index (χ0) is 11.7. The van der Waals surface area contributed by atoms with E-state index >= 15 is 0 Å². The van der Waals surface area contributed by atoms with E-state index in [1.165, 1.54) is 5.56 Å². The standard InChI is InChI=1S/C13H18N2O/c1-4-15-10(3)8-13(16)14-11-7-9(2)5-6-12(11)15/h5-7,10H,4,8H2,1-3H3,(H,14,16). The molecule has 1 heterocycles. The van der Waals surface area contributed by atoms with Gasteiger partial charge in [0, 0.05) is 19.0 Å². The molecule has 0 saturated carbocycles. The molecule has 2 rings (SSSR count). The maximum Gasteiger partial charge on any atom is 0.226 e. The van der Waals surface area contributed by atoms with Gasteiger partial charge in [0.25, 0.3) is 0 Å². The van der Waals surface area contributed by atoms with E-state index < -0.39 is 0 Å². The lowest BCUT2D eigenvalue weighted by molar-refractivity contribution is -0.116. The summed E-state index contributed by atoms with van der Waals surface area (Å²) in [6.45, 7) is 7.18. The summed E-state index contributed by atoms with van der Waals surface area (Å²) in [5.74, 6) is 0.107. The van der Waals surface area contributed by atoms with Crippen LogP contribution in [0.25, 0.3) is 0 Å². The van der Waals surface area contributed by atoms with Crippen molar-refractivity contribution < 1.29 is 4.79 Å². The van der Waals surface area contributed by atoms with Gasteiger partial charge in [-0.25, -0.2) is 0 Å². The maximum absolute atomic E-state index is 11.7. The molecule has 0 aromatic heterocycles. The Morgan fingerprint density at radius 2 is 2.25 bits per heavy atom. The summed E-state index contributed by atoms with van der Waals surface area (Å²) < 4.78 is 0. The molecule has 1 aliphatic heterocycles. The fourth-order valence-electron chi connectivity index (χ4n) is 2.30. The second-order valence-electron chi connectivity index (χ2n) is 4.41. The normalized spacial score (nSPS) is 20.1. The minimum atomic E-state index is 0.107.